The number of carbonyl (C=O) groups excluding carboxylic acids is 1. The quantitative estimate of drug-likeness (QED) is 0.425. The smallest absolute Gasteiger partial charge is 0.342 e. The van der Waals surface area contributed by atoms with E-state index in [4.69, 9.17) is 11.6 Å². The van der Waals surface area contributed by atoms with Crippen molar-refractivity contribution < 1.29 is 39.6 Å². The number of hydrogen-bond acceptors (Lipinski definition) is 6. The molecule has 0 aliphatic heterocycles. The molecule has 0 bridgehead atoms. The molecule has 2 heterocycles. The standard InChI is InChI=1S/C18H13ClF6N6O3S.H2S/c1-9(29-16(32)10-4-11(17(20,21)22)6-12(19)5-10)15-27-8-28-31(15)14-3-2-13(7-26-14)30-35(33,34)18(23,24)25;/h2-9,30H,1H3,(H,29,32);1H2/t9-;/m0./s1. The number of anilines is 1. The molecular weight excluding hydrogens is 562 g/mol. The SMILES string of the molecule is C[C@H](NC(=O)c1cc(Cl)cc(C(F)(F)F)c1)c1ncnn1-c1ccc(NS(=O)(=O)C(F)(F)F)cn1.S. The maximum absolute atomic E-state index is 13.0. The van der Waals surface area contributed by atoms with E-state index in [1.54, 1.807) is 0 Å². The van der Waals surface area contributed by atoms with Crippen LogP contribution in [-0.2, 0) is 16.2 Å². The van der Waals surface area contributed by atoms with Gasteiger partial charge in [0.1, 0.15) is 6.33 Å². The number of alkyl halides is 6. The molecule has 18 heteroatoms. The van der Waals surface area contributed by atoms with Gasteiger partial charge < -0.3 is 5.32 Å². The van der Waals surface area contributed by atoms with Gasteiger partial charge in [-0.1, -0.05) is 11.6 Å². The van der Waals surface area contributed by atoms with Crippen LogP contribution in [0.15, 0.2) is 42.9 Å². The highest BCUT2D eigenvalue weighted by Crippen LogP contribution is 2.32. The molecular formula is C18H15ClF6N6O3S2. The Morgan fingerprint density at radius 2 is 1.75 bits per heavy atom. The van der Waals surface area contributed by atoms with E-state index in [2.05, 4.69) is 20.4 Å². The molecule has 0 spiro atoms. The van der Waals surface area contributed by atoms with Crippen LogP contribution in [0.1, 0.15) is 34.7 Å². The number of sulfonamides is 1. The van der Waals surface area contributed by atoms with E-state index in [0.717, 1.165) is 35.4 Å². The maximum Gasteiger partial charge on any atom is 0.516 e. The largest absolute Gasteiger partial charge is 0.516 e. The molecule has 1 amide bonds. The van der Waals surface area contributed by atoms with E-state index in [-0.39, 0.29) is 35.7 Å². The molecule has 3 aromatic rings. The summed E-state index contributed by atoms with van der Waals surface area (Å²) in [6.45, 7) is 1.44. The van der Waals surface area contributed by atoms with E-state index < -0.39 is 44.9 Å². The van der Waals surface area contributed by atoms with Crippen molar-refractivity contribution in [3.05, 3.63) is 64.8 Å². The van der Waals surface area contributed by atoms with Crippen LogP contribution in [0.3, 0.4) is 0 Å². The highest BCUT2D eigenvalue weighted by Gasteiger charge is 2.46. The van der Waals surface area contributed by atoms with Crippen LogP contribution in [0, 0.1) is 0 Å². The number of halogens is 7. The lowest BCUT2D eigenvalue weighted by Crippen LogP contribution is -2.30. The van der Waals surface area contributed by atoms with Gasteiger partial charge in [0.2, 0.25) is 0 Å². The van der Waals surface area contributed by atoms with Gasteiger partial charge in [-0.05, 0) is 37.3 Å². The van der Waals surface area contributed by atoms with Crippen molar-refractivity contribution in [2.75, 3.05) is 4.72 Å². The van der Waals surface area contributed by atoms with Crippen molar-refractivity contribution in [1.82, 2.24) is 25.1 Å². The number of amides is 1. The van der Waals surface area contributed by atoms with E-state index in [1.165, 1.54) is 11.6 Å². The van der Waals surface area contributed by atoms with Crippen molar-refractivity contribution in [1.29, 1.82) is 0 Å². The summed E-state index contributed by atoms with van der Waals surface area (Å²) >= 11 is 5.70. The van der Waals surface area contributed by atoms with Gasteiger partial charge in [0.25, 0.3) is 5.91 Å². The summed E-state index contributed by atoms with van der Waals surface area (Å²) in [6, 6.07) is 3.54. The summed E-state index contributed by atoms with van der Waals surface area (Å²) in [5.74, 6) is -0.840. The fourth-order valence-corrected chi connectivity index (χ4v) is 3.52. The van der Waals surface area contributed by atoms with Gasteiger partial charge in [-0.25, -0.2) is 9.97 Å². The number of rotatable bonds is 6. The van der Waals surface area contributed by atoms with Gasteiger partial charge in [-0.3, -0.25) is 9.52 Å². The Labute approximate surface area is 211 Å². The van der Waals surface area contributed by atoms with Crippen LogP contribution in [0.25, 0.3) is 5.82 Å². The molecule has 36 heavy (non-hydrogen) atoms. The topological polar surface area (TPSA) is 119 Å². The second-order valence-corrected chi connectivity index (χ2v) is 9.02. The second-order valence-electron chi connectivity index (χ2n) is 6.91. The predicted octanol–water partition coefficient (Wildman–Crippen LogP) is 4.20. The molecule has 0 saturated carbocycles. The molecule has 0 aliphatic carbocycles. The molecule has 1 aromatic carbocycles. The number of hydrogen-bond donors (Lipinski definition) is 2. The summed E-state index contributed by atoms with van der Waals surface area (Å²) < 4.78 is 101. The van der Waals surface area contributed by atoms with Crippen molar-refractivity contribution in [2.24, 2.45) is 0 Å². The van der Waals surface area contributed by atoms with E-state index in [1.807, 2.05) is 0 Å². The Morgan fingerprint density at radius 3 is 2.31 bits per heavy atom. The van der Waals surface area contributed by atoms with E-state index in [9.17, 15) is 39.6 Å². The van der Waals surface area contributed by atoms with Crippen LogP contribution in [-0.4, -0.2) is 39.6 Å². The zero-order valence-corrected chi connectivity index (χ0v) is 20.3. The molecule has 1 atom stereocenters. The molecule has 2 aromatic heterocycles. The second kappa shape index (κ2) is 10.5. The first kappa shape index (κ1) is 29.2. The Hall–Kier alpha value is -3.05. The van der Waals surface area contributed by atoms with Gasteiger partial charge in [-0.15, -0.1) is 0 Å². The number of aromatic nitrogens is 4. The lowest BCUT2D eigenvalue weighted by molar-refractivity contribution is -0.137. The van der Waals surface area contributed by atoms with Crippen LogP contribution in [0.4, 0.5) is 32.0 Å². The molecule has 0 radical (unpaired) electrons. The summed E-state index contributed by atoms with van der Waals surface area (Å²) in [5.41, 5.74) is -7.48. The summed E-state index contributed by atoms with van der Waals surface area (Å²) in [7, 11) is -5.65. The van der Waals surface area contributed by atoms with Crippen molar-refractivity contribution in [2.45, 2.75) is 24.7 Å². The molecule has 3 rings (SSSR count). The number of nitrogens with zero attached hydrogens (tertiary/aromatic N) is 4. The van der Waals surface area contributed by atoms with Gasteiger partial charge in [0.05, 0.1) is 23.5 Å². The van der Waals surface area contributed by atoms with E-state index >= 15 is 0 Å². The van der Waals surface area contributed by atoms with Gasteiger partial charge in [-0.2, -0.15) is 58.0 Å². The Kier molecular flexibility index (Phi) is 8.52. The average molecular weight is 577 g/mol. The zero-order valence-electron chi connectivity index (χ0n) is 17.7. The highest BCUT2D eigenvalue weighted by atomic mass is 35.5. The highest BCUT2D eigenvalue weighted by molar-refractivity contribution is 7.93. The lowest BCUT2D eigenvalue weighted by Gasteiger charge is -2.16. The van der Waals surface area contributed by atoms with Crippen molar-refractivity contribution in [3.8, 4) is 5.82 Å². The number of carbonyl (C=O) groups is 1. The molecule has 196 valence electrons. The summed E-state index contributed by atoms with van der Waals surface area (Å²) in [4.78, 5) is 20.3. The Morgan fingerprint density at radius 1 is 1.08 bits per heavy atom. The average Bonchev–Trinajstić information content (AvgIpc) is 3.22. The number of nitrogens with one attached hydrogen (secondary N) is 2. The molecule has 2 N–H and O–H groups in total. The third-order valence-electron chi connectivity index (χ3n) is 4.32. The third kappa shape index (κ3) is 6.58. The molecule has 0 aliphatic rings. The van der Waals surface area contributed by atoms with Gasteiger partial charge >= 0.3 is 21.7 Å². The first-order chi connectivity index (χ1) is 16.1. The zero-order chi connectivity index (χ0) is 26.2. The molecule has 0 saturated heterocycles. The maximum atomic E-state index is 13.0. The fraction of sp³-hybridized carbons (Fsp3) is 0.222. The van der Waals surface area contributed by atoms with Crippen LogP contribution in [0.5, 0.6) is 0 Å². The molecule has 0 unspecified atom stereocenters. The van der Waals surface area contributed by atoms with Gasteiger partial charge in [0.15, 0.2) is 11.6 Å². The van der Waals surface area contributed by atoms with Crippen LogP contribution in [0.2, 0.25) is 5.02 Å². The third-order valence-corrected chi connectivity index (χ3v) is 5.65. The van der Waals surface area contributed by atoms with E-state index in [0.29, 0.717) is 12.1 Å². The first-order valence-electron chi connectivity index (χ1n) is 9.22. The molecule has 9 nitrogen and oxygen atoms in total. The minimum Gasteiger partial charge on any atom is -0.342 e. The lowest BCUT2D eigenvalue weighted by atomic mass is 10.1. The summed E-state index contributed by atoms with van der Waals surface area (Å²) in [5, 5.41) is 6.04. The Balaban J connectivity index is 0.00000456. The van der Waals surface area contributed by atoms with Crippen LogP contribution < -0.4 is 10.0 Å². The van der Waals surface area contributed by atoms with Crippen molar-refractivity contribution >= 4 is 46.7 Å². The predicted molar refractivity (Wildman–Crippen MR) is 120 cm³/mol. The number of benzene rings is 1. The first-order valence-corrected chi connectivity index (χ1v) is 11.1. The number of pyridine rings is 1. The minimum absolute atomic E-state index is 0. The monoisotopic (exact) mass is 576 g/mol. The van der Waals surface area contributed by atoms with Crippen LogP contribution >= 0.6 is 25.1 Å². The van der Waals surface area contributed by atoms with Crippen molar-refractivity contribution in [3.63, 3.8) is 0 Å². The Bertz CT molecular complexity index is 1350. The minimum atomic E-state index is -5.65. The fourth-order valence-electron chi connectivity index (χ4n) is 2.74. The van der Waals surface area contributed by atoms with Gasteiger partial charge in [0, 0.05) is 10.6 Å². The summed E-state index contributed by atoms with van der Waals surface area (Å²) in [6.07, 6.45) is -2.85. The normalized spacial score (nSPS) is 13.0. The molecule has 0 fully saturated rings.